The third kappa shape index (κ3) is 4.49. The van der Waals surface area contributed by atoms with Crippen LogP contribution in [-0.4, -0.2) is 19.1 Å². The zero-order valence-electron chi connectivity index (χ0n) is 28.0. The predicted octanol–water partition coefficient (Wildman–Crippen LogP) is 11.5. The van der Waals surface area contributed by atoms with E-state index >= 15 is 0 Å². The van der Waals surface area contributed by atoms with Crippen molar-refractivity contribution >= 4 is 43.6 Å². The molecule has 0 saturated carbocycles. The summed E-state index contributed by atoms with van der Waals surface area (Å²) in [6, 6.07) is 63.0. The van der Waals surface area contributed by atoms with Gasteiger partial charge in [0.25, 0.3) is 0 Å². The SMILES string of the molecule is N#Cc1c(-c2ccccc2)nc(-c2cc3c4ccccc4n(-c4ccccc4)c3c3c2c2ccccc2n3-c2ccccc2)nc1-c1ccccc1. The fourth-order valence-corrected chi connectivity index (χ4v) is 7.76. The minimum atomic E-state index is 0.450. The standard InChI is InChI=1S/C47H29N5/c48-30-39-43(31-17-5-1-6-18-31)49-47(50-44(39)32-19-7-2-8-20-32)38-29-37-35-25-13-15-27-40(35)51(33-21-9-3-10-22-33)45(37)46-42(38)36-26-14-16-28-41(36)52(46)34-23-11-4-12-24-34/h1-29H. The number of aromatic nitrogens is 4. The van der Waals surface area contributed by atoms with Crippen LogP contribution in [-0.2, 0) is 0 Å². The van der Waals surface area contributed by atoms with Crippen LogP contribution in [0.5, 0.6) is 0 Å². The molecule has 0 saturated heterocycles. The molecular weight excluding hydrogens is 635 g/mol. The van der Waals surface area contributed by atoms with Gasteiger partial charge in [-0.15, -0.1) is 0 Å². The summed E-state index contributed by atoms with van der Waals surface area (Å²) in [5, 5.41) is 15.0. The van der Waals surface area contributed by atoms with Gasteiger partial charge in [0, 0.05) is 49.6 Å². The fraction of sp³-hybridized carbons (Fsp3) is 0. The predicted molar refractivity (Wildman–Crippen MR) is 212 cm³/mol. The van der Waals surface area contributed by atoms with E-state index in [4.69, 9.17) is 9.97 Å². The molecule has 0 bridgehead atoms. The van der Waals surface area contributed by atoms with Crippen LogP contribution in [0.1, 0.15) is 5.56 Å². The van der Waals surface area contributed by atoms with Crippen LogP contribution in [0.2, 0.25) is 0 Å². The Morgan fingerprint density at radius 3 is 1.42 bits per heavy atom. The average Bonchev–Trinajstić information content (AvgIpc) is 3.75. The van der Waals surface area contributed by atoms with Crippen LogP contribution < -0.4 is 0 Å². The Balaban J connectivity index is 1.45. The second-order valence-corrected chi connectivity index (χ2v) is 12.9. The summed E-state index contributed by atoms with van der Waals surface area (Å²) in [5.74, 6) is 0.566. The summed E-state index contributed by atoms with van der Waals surface area (Å²) < 4.78 is 4.77. The topological polar surface area (TPSA) is 59.4 Å². The zero-order valence-corrected chi connectivity index (χ0v) is 28.0. The molecule has 0 amide bonds. The van der Waals surface area contributed by atoms with Gasteiger partial charge in [-0.2, -0.15) is 5.26 Å². The van der Waals surface area contributed by atoms with Gasteiger partial charge in [-0.1, -0.05) is 133 Å². The van der Waals surface area contributed by atoms with Gasteiger partial charge in [0.1, 0.15) is 11.6 Å². The van der Waals surface area contributed by atoms with Crippen LogP contribution >= 0.6 is 0 Å². The molecule has 0 aliphatic heterocycles. The molecule has 3 heterocycles. The maximum atomic E-state index is 10.7. The third-order valence-corrected chi connectivity index (χ3v) is 9.96. The lowest BCUT2D eigenvalue weighted by molar-refractivity contribution is 1.15. The van der Waals surface area contributed by atoms with Crippen molar-refractivity contribution in [2.45, 2.75) is 0 Å². The van der Waals surface area contributed by atoms with Gasteiger partial charge in [-0.05, 0) is 42.5 Å². The quantitative estimate of drug-likeness (QED) is 0.184. The molecule has 5 heteroatoms. The number of hydrogen-bond donors (Lipinski definition) is 0. The molecule has 3 aromatic heterocycles. The summed E-state index contributed by atoms with van der Waals surface area (Å²) in [4.78, 5) is 10.6. The van der Waals surface area contributed by atoms with E-state index < -0.39 is 0 Å². The zero-order chi connectivity index (χ0) is 34.6. The first-order chi connectivity index (χ1) is 25.8. The van der Waals surface area contributed by atoms with E-state index in [2.05, 4.69) is 130 Å². The van der Waals surface area contributed by atoms with Crippen molar-refractivity contribution in [3.05, 3.63) is 181 Å². The highest BCUT2D eigenvalue weighted by Crippen LogP contribution is 2.46. The normalized spacial score (nSPS) is 11.4. The molecule has 0 unspecified atom stereocenters. The van der Waals surface area contributed by atoms with Crippen LogP contribution in [0.25, 0.3) is 88.9 Å². The average molecular weight is 664 g/mol. The molecule has 7 aromatic carbocycles. The second-order valence-electron chi connectivity index (χ2n) is 12.9. The molecule has 0 atom stereocenters. The van der Waals surface area contributed by atoms with Gasteiger partial charge in [-0.3, -0.25) is 0 Å². The molecule has 0 spiro atoms. The van der Waals surface area contributed by atoms with Gasteiger partial charge in [-0.25, -0.2) is 9.97 Å². The number of nitrogens with zero attached hydrogens (tertiary/aromatic N) is 5. The molecule has 10 rings (SSSR count). The van der Waals surface area contributed by atoms with Crippen molar-refractivity contribution in [2.24, 2.45) is 0 Å². The van der Waals surface area contributed by atoms with Crippen molar-refractivity contribution in [2.75, 3.05) is 0 Å². The maximum absolute atomic E-state index is 10.7. The lowest BCUT2D eigenvalue weighted by atomic mass is 9.98. The van der Waals surface area contributed by atoms with E-state index in [1.807, 2.05) is 60.7 Å². The summed E-state index contributed by atoms with van der Waals surface area (Å²) in [5.41, 5.74) is 10.8. The van der Waals surface area contributed by atoms with E-state index in [0.717, 1.165) is 71.7 Å². The van der Waals surface area contributed by atoms with Gasteiger partial charge in [0.05, 0.1) is 33.5 Å². The molecule has 5 nitrogen and oxygen atoms in total. The van der Waals surface area contributed by atoms with Crippen molar-refractivity contribution < 1.29 is 0 Å². The number of rotatable bonds is 5. The summed E-state index contributed by atoms with van der Waals surface area (Å²) >= 11 is 0. The molecule has 0 aliphatic rings. The van der Waals surface area contributed by atoms with E-state index in [9.17, 15) is 5.26 Å². The van der Waals surface area contributed by atoms with Gasteiger partial charge in [0.2, 0.25) is 0 Å². The first-order valence-electron chi connectivity index (χ1n) is 17.3. The Hall–Kier alpha value is -7.29. The number of fused-ring (bicyclic) bond motifs is 7. The molecular formula is C47H29N5. The Bertz CT molecular complexity index is 2930. The van der Waals surface area contributed by atoms with E-state index in [1.54, 1.807) is 0 Å². The number of hydrogen-bond acceptors (Lipinski definition) is 3. The first kappa shape index (κ1) is 29.6. The van der Waals surface area contributed by atoms with Crippen molar-refractivity contribution in [1.82, 2.24) is 19.1 Å². The molecule has 0 fully saturated rings. The molecule has 52 heavy (non-hydrogen) atoms. The van der Waals surface area contributed by atoms with E-state index in [-0.39, 0.29) is 0 Å². The minimum Gasteiger partial charge on any atom is -0.307 e. The molecule has 10 aromatic rings. The fourth-order valence-electron chi connectivity index (χ4n) is 7.76. The van der Waals surface area contributed by atoms with Crippen LogP contribution in [0.15, 0.2) is 176 Å². The lowest BCUT2D eigenvalue weighted by Crippen LogP contribution is -2.02. The van der Waals surface area contributed by atoms with Crippen molar-refractivity contribution in [1.29, 1.82) is 5.26 Å². The van der Waals surface area contributed by atoms with Crippen LogP contribution in [0, 0.1) is 11.3 Å². The Kier molecular flexibility index (Phi) is 6.80. The lowest BCUT2D eigenvalue weighted by Gasteiger charge is -2.15. The number of nitriles is 1. The van der Waals surface area contributed by atoms with Gasteiger partial charge < -0.3 is 9.13 Å². The largest absolute Gasteiger partial charge is 0.307 e. The summed E-state index contributed by atoms with van der Waals surface area (Å²) in [7, 11) is 0. The minimum absolute atomic E-state index is 0.450. The van der Waals surface area contributed by atoms with Crippen LogP contribution in [0.4, 0.5) is 0 Å². The third-order valence-electron chi connectivity index (χ3n) is 9.96. The highest BCUT2D eigenvalue weighted by atomic mass is 15.0. The highest BCUT2D eigenvalue weighted by Gasteiger charge is 2.27. The van der Waals surface area contributed by atoms with Crippen LogP contribution in [0.3, 0.4) is 0 Å². The highest BCUT2D eigenvalue weighted by molar-refractivity contribution is 6.27. The molecule has 242 valence electrons. The number of benzene rings is 7. The molecule has 0 N–H and O–H groups in total. The number of para-hydroxylation sites is 4. The van der Waals surface area contributed by atoms with E-state index in [1.165, 1.54) is 0 Å². The maximum Gasteiger partial charge on any atom is 0.161 e. The van der Waals surface area contributed by atoms with Gasteiger partial charge >= 0.3 is 0 Å². The van der Waals surface area contributed by atoms with Crippen molar-refractivity contribution in [3.8, 4) is 51.3 Å². The summed E-state index contributed by atoms with van der Waals surface area (Å²) in [6.07, 6.45) is 0. The van der Waals surface area contributed by atoms with Crippen molar-refractivity contribution in [3.63, 3.8) is 0 Å². The molecule has 0 radical (unpaired) electrons. The van der Waals surface area contributed by atoms with Gasteiger partial charge in [0.15, 0.2) is 5.82 Å². The first-order valence-corrected chi connectivity index (χ1v) is 17.3. The summed E-state index contributed by atoms with van der Waals surface area (Å²) in [6.45, 7) is 0. The van der Waals surface area contributed by atoms with E-state index in [0.29, 0.717) is 22.8 Å². The Morgan fingerprint density at radius 2 is 0.885 bits per heavy atom. The Labute approximate surface area is 299 Å². The monoisotopic (exact) mass is 663 g/mol. The smallest absolute Gasteiger partial charge is 0.161 e. The molecule has 0 aliphatic carbocycles. The Morgan fingerprint density at radius 1 is 0.442 bits per heavy atom. The second kappa shape index (κ2) is 11.9.